The van der Waals surface area contributed by atoms with Crippen molar-refractivity contribution >= 4 is 17.8 Å². The molecular weight excluding hydrogens is 408 g/mol. The van der Waals surface area contributed by atoms with E-state index >= 15 is 0 Å². The minimum absolute atomic E-state index is 0.182. The highest BCUT2D eigenvalue weighted by atomic mass is 16.6. The lowest BCUT2D eigenvalue weighted by atomic mass is 10.0. The van der Waals surface area contributed by atoms with Crippen LogP contribution in [0.1, 0.15) is 58.1 Å². The van der Waals surface area contributed by atoms with E-state index in [4.69, 9.17) is 13.9 Å². The van der Waals surface area contributed by atoms with Crippen molar-refractivity contribution in [3.8, 4) is 0 Å². The smallest absolute Gasteiger partial charge is 0.437 e. The maximum Gasteiger partial charge on any atom is 0.437 e. The number of carbonyl (C=O) groups excluding carboxylic acids is 3. The van der Waals surface area contributed by atoms with Crippen molar-refractivity contribution < 1.29 is 28.3 Å². The lowest BCUT2D eigenvalue weighted by Crippen LogP contribution is -2.56. The van der Waals surface area contributed by atoms with Gasteiger partial charge in [-0.15, -0.1) is 5.10 Å². The fraction of sp³-hybridized carbons (Fsp3) is 0.750. The Balaban J connectivity index is 2.23. The Kier molecular flexibility index (Phi) is 7.30. The summed E-state index contributed by atoms with van der Waals surface area (Å²) in [6.07, 6.45) is 0.368. The van der Waals surface area contributed by atoms with Crippen LogP contribution in [0.5, 0.6) is 0 Å². The molecule has 0 spiro atoms. The van der Waals surface area contributed by atoms with E-state index in [1.54, 1.807) is 34.6 Å². The molecule has 11 nitrogen and oxygen atoms in total. The predicted molar refractivity (Wildman–Crippen MR) is 110 cm³/mol. The van der Waals surface area contributed by atoms with E-state index in [1.165, 1.54) is 24.0 Å². The molecule has 174 valence electrons. The summed E-state index contributed by atoms with van der Waals surface area (Å²) in [6.45, 7) is 8.99. The van der Waals surface area contributed by atoms with E-state index < -0.39 is 40.7 Å². The Morgan fingerprint density at radius 1 is 1.23 bits per heavy atom. The predicted octanol–water partition coefficient (Wildman–Crippen LogP) is 1.21. The zero-order chi connectivity index (χ0) is 23.6. The second-order valence-electron chi connectivity index (χ2n) is 9.22. The van der Waals surface area contributed by atoms with E-state index in [1.807, 2.05) is 0 Å². The van der Waals surface area contributed by atoms with Crippen molar-refractivity contribution in [3.63, 3.8) is 0 Å². The number of likely N-dealkylation sites (tertiary alicyclic amines) is 1. The van der Waals surface area contributed by atoms with E-state index in [0.717, 1.165) is 4.68 Å². The lowest BCUT2D eigenvalue weighted by Gasteiger charge is -2.39. The normalized spacial score (nSPS) is 17.0. The summed E-state index contributed by atoms with van der Waals surface area (Å²) >= 11 is 0. The average molecular weight is 440 g/mol. The van der Waals surface area contributed by atoms with Crippen molar-refractivity contribution in [2.75, 3.05) is 26.8 Å². The molecule has 11 heteroatoms. The largest absolute Gasteiger partial charge is 0.444 e. The molecule has 0 saturated carbocycles. The SMILES string of the molecule is COCC(C)(C)N(CC(=O)N1CCC[C@H]1C(=O)c1nn(C)c(=O)o1)C(=O)OC(C)(C)C. The molecule has 0 N–H and O–H groups in total. The number of nitrogens with zero attached hydrogens (tertiary/aromatic N) is 4. The Hall–Kier alpha value is -2.69. The number of carbonyl (C=O) groups is 3. The third kappa shape index (κ3) is 5.93. The monoisotopic (exact) mass is 440 g/mol. The van der Waals surface area contributed by atoms with Crippen LogP contribution in [-0.4, -0.2) is 81.4 Å². The van der Waals surface area contributed by atoms with Gasteiger partial charge in [0.1, 0.15) is 18.2 Å². The van der Waals surface area contributed by atoms with E-state index in [9.17, 15) is 19.2 Å². The molecule has 1 aliphatic heterocycles. The van der Waals surface area contributed by atoms with Gasteiger partial charge >= 0.3 is 11.8 Å². The van der Waals surface area contributed by atoms with Crippen LogP contribution in [0.15, 0.2) is 9.21 Å². The van der Waals surface area contributed by atoms with Crippen molar-refractivity contribution in [2.24, 2.45) is 7.05 Å². The molecule has 1 fully saturated rings. The van der Waals surface area contributed by atoms with Crippen LogP contribution >= 0.6 is 0 Å². The Morgan fingerprint density at radius 3 is 2.39 bits per heavy atom. The Morgan fingerprint density at radius 2 is 1.87 bits per heavy atom. The first kappa shape index (κ1) is 24.6. The molecule has 0 unspecified atom stereocenters. The molecular formula is C20H32N4O7. The van der Waals surface area contributed by atoms with Gasteiger partial charge in [0.2, 0.25) is 11.7 Å². The summed E-state index contributed by atoms with van der Waals surface area (Å²) in [6, 6.07) is -0.809. The highest BCUT2D eigenvalue weighted by molar-refractivity contribution is 5.99. The van der Waals surface area contributed by atoms with Crippen LogP contribution in [0.4, 0.5) is 4.79 Å². The van der Waals surface area contributed by atoms with E-state index in [0.29, 0.717) is 19.4 Å². The molecule has 1 aromatic heterocycles. The fourth-order valence-electron chi connectivity index (χ4n) is 3.43. The number of ether oxygens (including phenoxy) is 2. The van der Waals surface area contributed by atoms with Gasteiger partial charge in [-0.05, 0) is 47.5 Å². The molecule has 0 aliphatic carbocycles. The van der Waals surface area contributed by atoms with Crippen molar-refractivity contribution in [1.29, 1.82) is 0 Å². The maximum atomic E-state index is 13.2. The molecule has 0 bridgehead atoms. The quantitative estimate of drug-likeness (QED) is 0.580. The van der Waals surface area contributed by atoms with Gasteiger partial charge in [0.05, 0.1) is 12.1 Å². The summed E-state index contributed by atoms with van der Waals surface area (Å²) in [7, 11) is 2.88. The van der Waals surface area contributed by atoms with Gasteiger partial charge in [-0.1, -0.05) is 0 Å². The number of Topliss-reactive ketones (excluding diaryl/α,β-unsaturated/α-hetero) is 1. The van der Waals surface area contributed by atoms with Crippen LogP contribution in [0.25, 0.3) is 0 Å². The number of rotatable bonds is 7. The van der Waals surface area contributed by atoms with Crippen molar-refractivity contribution in [3.05, 3.63) is 16.4 Å². The van der Waals surface area contributed by atoms with Gasteiger partial charge in [-0.25, -0.2) is 9.59 Å². The molecule has 1 saturated heterocycles. The highest BCUT2D eigenvalue weighted by Crippen LogP contribution is 2.24. The first-order valence-corrected chi connectivity index (χ1v) is 10.1. The highest BCUT2D eigenvalue weighted by Gasteiger charge is 2.41. The van der Waals surface area contributed by atoms with Crippen LogP contribution in [0.2, 0.25) is 0 Å². The standard InChI is InChI=1S/C20H32N4O7/c1-19(2,3)31-18(28)24(20(4,5)12-29-7)11-14(25)23-10-8-9-13(23)15(26)16-21-22(6)17(27)30-16/h13H,8-12H2,1-7H3/t13-/m0/s1. The average Bonchev–Trinajstić information content (AvgIpc) is 3.24. The Bertz CT molecular complexity index is 881. The van der Waals surface area contributed by atoms with Gasteiger partial charge in [0.15, 0.2) is 0 Å². The van der Waals surface area contributed by atoms with E-state index in [-0.39, 0.29) is 19.0 Å². The molecule has 2 heterocycles. The molecule has 1 aliphatic rings. The zero-order valence-corrected chi connectivity index (χ0v) is 19.3. The number of methoxy groups -OCH3 is 1. The molecule has 1 atom stereocenters. The van der Waals surface area contributed by atoms with Crippen LogP contribution in [0, 0.1) is 0 Å². The van der Waals surface area contributed by atoms with Crippen LogP contribution < -0.4 is 5.76 Å². The third-order valence-electron chi connectivity index (χ3n) is 4.91. The summed E-state index contributed by atoms with van der Waals surface area (Å²) in [5, 5.41) is 3.79. The molecule has 2 amide bonds. The third-order valence-corrected chi connectivity index (χ3v) is 4.91. The van der Waals surface area contributed by atoms with Crippen LogP contribution in [0.3, 0.4) is 0 Å². The number of hydrogen-bond acceptors (Lipinski definition) is 8. The minimum atomic E-state index is -0.834. The van der Waals surface area contributed by atoms with Gasteiger partial charge in [-0.2, -0.15) is 4.68 Å². The first-order valence-electron chi connectivity index (χ1n) is 10.1. The number of aromatic nitrogens is 2. The summed E-state index contributed by atoms with van der Waals surface area (Å²) in [5.74, 6) is -2.04. The molecule has 2 rings (SSSR count). The lowest BCUT2D eigenvalue weighted by molar-refractivity contribution is -0.134. The van der Waals surface area contributed by atoms with Crippen LogP contribution in [-0.2, 0) is 21.3 Å². The fourth-order valence-corrected chi connectivity index (χ4v) is 3.43. The van der Waals surface area contributed by atoms with Gasteiger partial charge in [-0.3, -0.25) is 14.5 Å². The molecule has 31 heavy (non-hydrogen) atoms. The topological polar surface area (TPSA) is 124 Å². The van der Waals surface area contributed by atoms with Gasteiger partial charge in [0, 0.05) is 20.7 Å². The molecule has 1 aromatic rings. The van der Waals surface area contributed by atoms with Gasteiger partial charge < -0.3 is 18.8 Å². The molecule has 0 radical (unpaired) electrons. The summed E-state index contributed by atoms with van der Waals surface area (Å²) < 4.78 is 16.5. The van der Waals surface area contributed by atoms with E-state index in [2.05, 4.69) is 5.10 Å². The number of amides is 2. The second-order valence-corrected chi connectivity index (χ2v) is 9.22. The maximum absolute atomic E-state index is 13.2. The number of ketones is 1. The number of aryl methyl sites for hydroxylation is 1. The number of hydrogen-bond donors (Lipinski definition) is 0. The van der Waals surface area contributed by atoms with Gasteiger partial charge in [0.25, 0.3) is 5.89 Å². The molecule has 0 aromatic carbocycles. The Labute approximate surface area is 181 Å². The minimum Gasteiger partial charge on any atom is -0.444 e. The zero-order valence-electron chi connectivity index (χ0n) is 19.3. The first-order chi connectivity index (χ1) is 14.3. The van der Waals surface area contributed by atoms with Crippen molar-refractivity contribution in [2.45, 2.75) is 64.6 Å². The second kappa shape index (κ2) is 9.21. The van der Waals surface area contributed by atoms with Crippen molar-refractivity contribution in [1.82, 2.24) is 19.6 Å². The summed E-state index contributed by atoms with van der Waals surface area (Å²) in [5.41, 5.74) is -1.58. The summed E-state index contributed by atoms with van der Waals surface area (Å²) in [4.78, 5) is 53.0.